The second-order valence-electron chi connectivity index (χ2n) is 5.05. The number of carbonyl (C=O) groups is 3. The molecule has 0 fully saturated rings. The molecule has 5 N–H and O–H groups in total. The molecule has 1 aliphatic rings. The Bertz CT molecular complexity index is 548. The number of aliphatic carboxylic acids is 1. The SMILES string of the molecule is NC(=O)CC(NC(=O)NC1Cc2ccccc2C1)C(=O)O. The second kappa shape index (κ2) is 6.25. The first kappa shape index (κ1) is 14.8. The maximum absolute atomic E-state index is 11.8. The summed E-state index contributed by atoms with van der Waals surface area (Å²) in [5.41, 5.74) is 7.31. The summed E-state index contributed by atoms with van der Waals surface area (Å²) in [5.74, 6) is -2.07. The number of primary amides is 1. The van der Waals surface area contributed by atoms with Gasteiger partial charge in [-0.25, -0.2) is 9.59 Å². The molecule has 0 aliphatic heterocycles. The van der Waals surface area contributed by atoms with Gasteiger partial charge in [0.1, 0.15) is 6.04 Å². The van der Waals surface area contributed by atoms with Crippen molar-refractivity contribution in [2.45, 2.75) is 31.3 Å². The van der Waals surface area contributed by atoms with Crippen LogP contribution in [-0.4, -0.2) is 35.1 Å². The Morgan fingerprint density at radius 3 is 2.29 bits per heavy atom. The molecule has 0 spiro atoms. The lowest BCUT2D eigenvalue weighted by Gasteiger charge is -2.16. The predicted molar refractivity (Wildman–Crippen MR) is 74.5 cm³/mol. The topological polar surface area (TPSA) is 122 Å². The molecule has 112 valence electrons. The van der Waals surface area contributed by atoms with Crippen LogP contribution in [0.3, 0.4) is 0 Å². The van der Waals surface area contributed by atoms with Gasteiger partial charge in [0.05, 0.1) is 6.42 Å². The average molecular weight is 291 g/mol. The molecule has 7 nitrogen and oxygen atoms in total. The van der Waals surface area contributed by atoms with Crippen molar-refractivity contribution in [2.75, 3.05) is 0 Å². The highest BCUT2D eigenvalue weighted by Crippen LogP contribution is 2.21. The van der Waals surface area contributed by atoms with Crippen molar-refractivity contribution in [3.63, 3.8) is 0 Å². The van der Waals surface area contributed by atoms with E-state index in [4.69, 9.17) is 10.8 Å². The minimum Gasteiger partial charge on any atom is -0.480 e. The lowest BCUT2D eigenvalue weighted by molar-refractivity contribution is -0.140. The van der Waals surface area contributed by atoms with Crippen LogP contribution in [-0.2, 0) is 22.4 Å². The highest BCUT2D eigenvalue weighted by molar-refractivity contribution is 5.87. The molecule has 1 aliphatic carbocycles. The number of urea groups is 1. The lowest BCUT2D eigenvalue weighted by atomic mass is 10.1. The van der Waals surface area contributed by atoms with Crippen LogP contribution in [0.1, 0.15) is 17.5 Å². The zero-order valence-corrected chi connectivity index (χ0v) is 11.3. The van der Waals surface area contributed by atoms with Crippen LogP contribution in [0.15, 0.2) is 24.3 Å². The quantitative estimate of drug-likeness (QED) is 0.599. The number of nitrogens with one attached hydrogen (secondary N) is 2. The number of nitrogens with two attached hydrogens (primary N) is 1. The van der Waals surface area contributed by atoms with Crippen molar-refractivity contribution < 1.29 is 19.5 Å². The standard InChI is InChI=1S/C14H17N3O4/c15-12(18)7-11(13(19)20)17-14(21)16-10-5-8-3-1-2-4-9(8)6-10/h1-4,10-11H,5-7H2,(H2,15,18)(H,19,20)(H2,16,17,21). The fourth-order valence-electron chi connectivity index (χ4n) is 2.45. The second-order valence-corrected chi connectivity index (χ2v) is 5.05. The van der Waals surface area contributed by atoms with E-state index in [1.165, 1.54) is 11.1 Å². The van der Waals surface area contributed by atoms with Gasteiger partial charge in [-0.05, 0) is 24.0 Å². The lowest BCUT2D eigenvalue weighted by Crippen LogP contribution is -2.50. The third kappa shape index (κ3) is 3.95. The fraction of sp³-hybridized carbons (Fsp3) is 0.357. The van der Waals surface area contributed by atoms with Crippen molar-refractivity contribution in [1.82, 2.24) is 10.6 Å². The van der Waals surface area contributed by atoms with E-state index < -0.39 is 30.4 Å². The Morgan fingerprint density at radius 1 is 1.24 bits per heavy atom. The summed E-state index contributed by atoms with van der Waals surface area (Å²) in [7, 11) is 0. The minimum atomic E-state index is -1.31. The first-order valence-corrected chi connectivity index (χ1v) is 6.60. The zero-order valence-electron chi connectivity index (χ0n) is 11.3. The Morgan fingerprint density at radius 2 is 1.81 bits per heavy atom. The van der Waals surface area contributed by atoms with Crippen LogP contribution in [0.25, 0.3) is 0 Å². The monoisotopic (exact) mass is 291 g/mol. The van der Waals surface area contributed by atoms with Gasteiger partial charge in [0.15, 0.2) is 0 Å². The van der Waals surface area contributed by atoms with Crippen LogP contribution in [0.4, 0.5) is 4.79 Å². The van der Waals surface area contributed by atoms with Gasteiger partial charge in [-0.3, -0.25) is 4.79 Å². The van der Waals surface area contributed by atoms with E-state index in [9.17, 15) is 14.4 Å². The van der Waals surface area contributed by atoms with Crippen molar-refractivity contribution in [1.29, 1.82) is 0 Å². The Balaban J connectivity index is 1.88. The molecule has 3 amide bonds. The molecule has 1 aromatic rings. The maximum Gasteiger partial charge on any atom is 0.326 e. The summed E-state index contributed by atoms with van der Waals surface area (Å²) in [6, 6.07) is 5.88. The summed E-state index contributed by atoms with van der Waals surface area (Å²) in [4.78, 5) is 33.5. The molecular weight excluding hydrogens is 274 g/mol. The van der Waals surface area contributed by atoms with Gasteiger partial charge in [0.25, 0.3) is 0 Å². The third-order valence-electron chi connectivity index (χ3n) is 3.39. The number of fused-ring (bicyclic) bond motifs is 1. The molecule has 0 bridgehead atoms. The van der Waals surface area contributed by atoms with Gasteiger partial charge >= 0.3 is 12.0 Å². The summed E-state index contributed by atoms with van der Waals surface area (Å²) in [6.45, 7) is 0. The Kier molecular flexibility index (Phi) is 4.42. The number of amides is 3. The molecule has 2 rings (SSSR count). The van der Waals surface area contributed by atoms with Gasteiger partial charge in [0.2, 0.25) is 5.91 Å². The van der Waals surface area contributed by atoms with Gasteiger partial charge < -0.3 is 21.5 Å². The zero-order chi connectivity index (χ0) is 15.4. The van der Waals surface area contributed by atoms with Gasteiger partial charge in [-0.2, -0.15) is 0 Å². The molecule has 1 atom stereocenters. The van der Waals surface area contributed by atoms with Gasteiger partial charge in [-0.15, -0.1) is 0 Å². The fourth-order valence-corrected chi connectivity index (χ4v) is 2.45. The van der Waals surface area contributed by atoms with Crippen LogP contribution >= 0.6 is 0 Å². The van der Waals surface area contributed by atoms with Crippen LogP contribution in [0.5, 0.6) is 0 Å². The minimum absolute atomic E-state index is 0.0783. The Labute approximate surface area is 121 Å². The predicted octanol–water partition coefficient (Wildman–Crippen LogP) is -0.218. The number of carboxylic acids is 1. The molecule has 0 radical (unpaired) electrons. The van der Waals surface area contributed by atoms with Crippen LogP contribution in [0, 0.1) is 0 Å². The number of rotatable bonds is 5. The summed E-state index contributed by atoms with van der Waals surface area (Å²) in [6.07, 6.45) is 0.974. The summed E-state index contributed by atoms with van der Waals surface area (Å²) < 4.78 is 0. The summed E-state index contributed by atoms with van der Waals surface area (Å²) >= 11 is 0. The molecule has 0 aromatic heterocycles. The number of carboxylic acid groups (broad SMARTS) is 1. The largest absolute Gasteiger partial charge is 0.480 e. The van der Waals surface area contributed by atoms with Gasteiger partial charge in [0, 0.05) is 6.04 Å². The van der Waals surface area contributed by atoms with Gasteiger partial charge in [-0.1, -0.05) is 24.3 Å². The molecule has 0 saturated heterocycles. The first-order chi connectivity index (χ1) is 9.95. The molecule has 1 aromatic carbocycles. The molecule has 1 unspecified atom stereocenters. The van der Waals surface area contributed by atoms with Crippen LogP contribution < -0.4 is 16.4 Å². The number of carbonyl (C=O) groups excluding carboxylic acids is 2. The highest BCUT2D eigenvalue weighted by Gasteiger charge is 2.26. The van der Waals surface area contributed by atoms with E-state index in [0.29, 0.717) is 12.8 Å². The number of benzene rings is 1. The Hall–Kier alpha value is -2.57. The van der Waals surface area contributed by atoms with Crippen molar-refractivity contribution >= 4 is 17.9 Å². The van der Waals surface area contributed by atoms with Crippen molar-refractivity contribution in [3.05, 3.63) is 35.4 Å². The van der Waals surface area contributed by atoms with E-state index in [1.54, 1.807) is 0 Å². The average Bonchev–Trinajstić information content (AvgIpc) is 2.79. The number of hydrogen-bond acceptors (Lipinski definition) is 3. The molecule has 0 saturated carbocycles. The van der Waals surface area contributed by atoms with E-state index in [-0.39, 0.29) is 6.04 Å². The van der Waals surface area contributed by atoms with Crippen LogP contribution in [0.2, 0.25) is 0 Å². The van der Waals surface area contributed by atoms with Crippen molar-refractivity contribution in [2.24, 2.45) is 5.73 Å². The maximum atomic E-state index is 11.8. The van der Waals surface area contributed by atoms with Crippen molar-refractivity contribution in [3.8, 4) is 0 Å². The smallest absolute Gasteiger partial charge is 0.326 e. The van der Waals surface area contributed by atoms with E-state index in [2.05, 4.69) is 10.6 Å². The van der Waals surface area contributed by atoms with E-state index in [1.807, 2.05) is 24.3 Å². The third-order valence-corrected chi connectivity index (χ3v) is 3.39. The van der Waals surface area contributed by atoms with E-state index in [0.717, 1.165) is 0 Å². The van der Waals surface area contributed by atoms with E-state index >= 15 is 0 Å². The summed E-state index contributed by atoms with van der Waals surface area (Å²) in [5, 5.41) is 13.9. The molecule has 21 heavy (non-hydrogen) atoms. The molecular formula is C14H17N3O4. The number of hydrogen-bond donors (Lipinski definition) is 4. The highest BCUT2D eigenvalue weighted by atomic mass is 16.4. The molecule has 7 heteroatoms. The molecule has 0 heterocycles. The normalized spacial score (nSPS) is 15.0. The first-order valence-electron chi connectivity index (χ1n) is 6.60.